The third kappa shape index (κ3) is 4.02. The van der Waals surface area contributed by atoms with Gasteiger partial charge in [-0.2, -0.15) is 4.98 Å². The predicted molar refractivity (Wildman–Crippen MR) is 79.9 cm³/mol. The van der Waals surface area contributed by atoms with Gasteiger partial charge in [-0.15, -0.1) is 0 Å². The molecule has 0 spiro atoms. The van der Waals surface area contributed by atoms with Crippen molar-refractivity contribution < 1.29 is 13.9 Å². The lowest BCUT2D eigenvalue weighted by molar-refractivity contribution is 0.0962. The number of nitrogens with zero attached hydrogens (tertiary/aromatic N) is 2. The molecule has 1 aromatic carbocycles. The topological polar surface area (TPSA) is 76.1 Å². The van der Waals surface area contributed by atoms with Crippen molar-refractivity contribution in [2.24, 2.45) is 0 Å². The van der Waals surface area contributed by atoms with Gasteiger partial charge >= 0.3 is 6.01 Å². The minimum atomic E-state index is -0.713. The molecule has 0 atom stereocenters. The summed E-state index contributed by atoms with van der Waals surface area (Å²) in [6.45, 7) is 5.56. The molecule has 0 fully saturated rings. The highest BCUT2D eigenvalue weighted by atomic mass is 19.1. The van der Waals surface area contributed by atoms with Gasteiger partial charge in [0, 0.05) is 5.56 Å². The lowest BCUT2D eigenvalue weighted by Crippen LogP contribution is -2.30. The van der Waals surface area contributed by atoms with E-state index in [4.69, 9.17) is 4.74 Å². The van der Waals surface area contributed by atoms with Gasteiger partial charge in [-0.05, 0) is 19.1 Å². The van der Waals surface area contributed by atoms with Gasteiger partial charge in [0.15, 0.2) is 11.6 Å². The molecule has 0 saturated heterocycles. The van der Waals surface area contributed by atoms with Crippen molar-refractivity contribution in [2.45, 2.75) is 6.92 Å². The van der Waals surface area contributed by atoms with Gasteiger partial charge in [0.25, 0.3) is 5.91 Å². The molecule has 0 unspecified atom stereocenters. The van der Waals surface area contributed by atoms with Crippen molar-refractivity contribution in [2.75, 3.05) is 12.0 Å². The molecule has 22 heavy (non-hydrogen) atoms. The summed E-state index contributed by atoms with van der Waals surface area (Å²) in [5, 5.41) is 0. The third-order valence-electron chi connectivity index (χ3n) is 2.63. The highest BCUT2D eigenvalue weighted by Crippen LogP contribution is 2.12. The minimum Gasteiger partial charge on any atom is -0.459 e. The van der Waals surface area contributed by atoms with E-state index < -0.39 is 11.7 Å². The molecule has 7 heteroatoms. The van der Waals surface area contributed by atoms with E-state index in [-0.39, 0.29) is 18.4 Å². The number of hydrogen-bond donors (Lipinski definition) is 2. The van der Waals surface area contributed by atoms with E-state index in [1.165, 1.54) is 6.08 Å². The van der Waals surface area contributed by atoms with Crippen LogP contribution in [0.1, 0.15) is 15.9 Å². The predicted octanol–water partition coefficient (Wildman–Crippen LogP) is 2.25. The molecule has 1 amide bonds. The average molecular weight is 302 g/mol. The monoisotopic (exact) mass is 302 g/mol. The van der Waals surface area contributed by atoms with E-state index in [2.05, 4.69) is 27.4 Å². The van der Waals surface area contributed by atoms with Crippen molar-refractivity contribution in [1.29, 1.82) is 0 Å². The van der Waals surface area contributed by atoms with Crippen LogP contribution in [-0.2, 0) is 0 Å². The molecule has 2 N–H and O–H groups in total. The van der Waals surface area contributed by atoms with Crippen LogP contribution >= 0.6 is 0 Å². The van der Waals surface area contributed by atoms with Gasteiger partial charge in [-0.25, -0.2) is 9.37 Å². The number of rotatable bonds is 6. The number of benzene rings is 1. The summed E-state index contributed by atoms with van der Waals surface area (Å²) in [7, 11) is 0. The first-order valence-corrected chi connectivity index (χ1v) is 6.49. The van der Waals surface area contributed by atoms with Crippen LogP contribution in [0.25, 0.3) is 0 Å². The minimum absolute atomic E-state index is 0.0198. The summed E-state index contributed by atoms with van der Waals surface area (Å²) in [5.74, 6) is -1.30. The molecule has 2 rings (SSSR count). The average Bonchev–Trinajstić information content (AvgIpc) is 2.52. The molecule has 0 radical (unpaired) electrons. The number of aromatic nitrogens is 2. The Kier molecular flexibility index (Phi) is 5.02. The maximum absolute atomic E-state index is 13.6. The van der Waals surface area contributed by atoms with E-state index in [0.717, 1.165) is 11.8 Å². The van der Waals surface area contributed by atoms with Crippen LogP contribution in [0.15, 0.2) is 43.1 Å². The Hall–Kier alpha value is -2.96. The van der Waals surface area contributed by atoms with Gasteiger partial charge in [0.05, 0.1) is 6.20 Å². The van der Waals surface area contributed by atoms with Crippen LogP contribution in [0.4, 0.5) is 10.2 Å². The maximum Gasteiger partial charge on any atom is 0.318 e. The van der Waals surface area contributed by atoms with E-state index in [1.807, 2.05) is 13.0 Å². The van der Waals surface area contributed by atoms with Gasteiger partial charge in [0.1, 0.15) is 6.61 Å². The number of hydrazine groups is 1. The van der Waals surface area contributed by atoms with Crippen molar-refractivity contribution in [3.8, 4) is 6.01 Å². The number of nitrogens with one attached hydrogen (secondary N) is 2. The Morgan fingerprint density at radius 1 is 1.50 bits per heavy atom. The second-order valence-corrected chi connectivity index (χ2v) is 4.40. The van der Waals surface area contributed by atoms with Crippen molar-refractivity contribution in [1.82, 2.24) is 15.4 Å². The number of aryl methyl sites for hydroxylation is 1. The molecular weight excluding hydrogens is 287 g/mol. The van der Waals surface area contributed by atoms with Gasteiger partial charge in [-0.3, -0.25) is 15.6 Å². The van der Waals surface area contributed by atoms with Crippen LogP contribution in [0, 0.1) is 12.7 Å². The molecule has 1 heterocycles. The van der Waals surface area contributed by atoms with Gasteiger partial charge in [0.2, 0.25) is 0 Å². The molecular formula is C15H15FN4O2. The normalized spacial score (nSPS) is 9.91. The molecule has 0 aliphatic rings. The molecule has 0 aliphatic heterocycles. The second-order valence-electron chi connectivity index (χ2n) is 4.40. The Morgan fingerprint density at radius 2 is 2.32 bits per heavy atom. The number of carbonyl (C=O) groups is 1. The highest BCUT2D eigenvalue weighted by Gasteiger charge is 2.10. The zero-order chi connectivity index (χ0) is 15.9. The largest absolute Gasteiger partial charge is 0.459 e. The Balaban J connectivity index is 2.04. The Morgan fingerprint density at radius 3 is 3.05 bits per heavy atom. The van der Waals surface area contributed by atoms with E-state index >= 15 is 0 Å². The number of hydrogen-bond acceptors (Lipinski definition) is 5. The van der Waals surface area contributed by atoms with Crippen LogP contribution in [0.2, 0.25) is 0 Å². The molecule has 114 valence electrons. The lowest BCUT2D eigenvalue weighted by Gasteiger charge is -2.10. The molecule has 0 saturated carbocycles. The molecule has 0 aliphatic carbocycles. The molecule has 1 aromatic heterocycles. The standard InChI is InChI=1S/C15H15FN4O2/c1-3-7-22-15-17-9-12(16)13(18-15)19-20-14(21)11-6-4-5-10(2)8-11/h3-6,8-9H,1,7H2,2H3,(H,20,21)(H,17,18,19). The molecule has 2 aromatic rings. The van der Waals surface area contributed by atoms with E-state index in [9.17, 15) is 9.18 Å². The van der Waals surface area contributed by atoms with Crippen LogP contribution in [0.5, 0.6) is 6.01 Å². The van der Waals surface area contributed by atoms with Gasteiger partial charge < -0.3 is 4.74 Å². The summed E-state index contributed by atoms with van der Waals surface area (Å²) >= 11 is 0. The van der Waals surface area contributed by atoms with Crippen molar-refractivity contribution in [3.05, 3.63) is 60.1 Å². The fourth-order valence-corrected chi connectivity index (χ4v) is 1.62. The molecule has 6 nitrogen and oxygen atoms in total. The summed E-state index contributed by atoms with van der Waals surface area (Å²) < 4.78 is 18.7. The number of ether oxygens (including phenoxy) is 1. The number of anilines is 1. The van der Waals surface area contributed by atoms with E-state index in [0.29, 0.717) is 5.56 Å². The Labute approximate surface area is 127 Å². The van der Waals surface area contributed by atoms with Gasteiger partial charge in [-0.1, -0.05) is 30.4 Å². The number of amides is 1. The number of halogens is 1. The SMILES string of the molecule is C=CCOc1ncc(F)c(NNC(=O)c2cccc(C)c2)n1. The smallest absolute Gasteiger partial charge is 0.318 e. The fourth-order valence-electron chi connectivity index (χ4n) is 1.62. The fraction of sp³-hybridized carbons (Fsp3) is 0.133. The first-order chi connectivity index (χ1) is 10.6. The lowest BCUT2D eigenvalue weighted by atomic mass is 10.1. The summed E-state index contributed by atoms with van der Waals surface area (Å²) in [6.07, 6.45) is 2.46. The molecule has 0 bridgehead atoms. The van der Waals surface area contributed by atoms with Crippen LogP contribution in [0.3, 0.4) is 0 Å². The quantitative estimate of drug-likeness (QED) is 0.632. The van der Waals surface area contributed by atoms with Crippen LogP contribution < -0.4 is 15.6 Å². The first-order valence-electron chi connectivity index (χ1n) is 6.49. The van der Waals surface area contributed by atoms with Crippen molar-refractivity contribution in [3.63, 3.8) is 0 Å². The van der Waals surface area contributed by atoms with Crippen molar-refractivity contribution >= 4 is 11.7 Å². The third-order valence-corrected chi connectivity index (χ3v) is 2.63. The summed E-state index contributed by atoms with van der Waals surface area (Å²) in [5.41, 5.74) is 6.18. The summed E-state index contributed by atoms with van der Waals surface area (Å²) in [4.78, 5) is 19.4. The number of carbonyl (C=O) groups excluding carboxylic acids is 1. The van der Waals surface area contributed by atoms with Crippen LogP contribution in [-0.4, -0.2) is 22.5 Å². The Bertz CT molecular complexity index is 691. The second kappa shape index (κ2) is 7.16. The maximum atomic E-state index is 13.6. The zero-order valence-electron chi connectivity index (χ0n) is 12.0. The van der Waals surface area contributed by atoms with E-state index in [1.54, 1.807) is 18.2 Å². The first kappa shape index (κ1) is 15.4. The summed E-state index contributed by atoms with van der Waals surface area (Å²) in [6, 6.07) is 6.98. The zero-order valence-corrected chi connectivity index (χ0v) is 12.0. The highest BCUT2D eigenvalue weighted by molar-refractivity contribution is 5.94.